The standard InChI is InChI=1S/C29H23F2N3O4S/c1-15-10-16(2)12-19(11-15)37-14-18-8-9-22(38-18)28(36)34-24-23-20(17-6-4-3-5-7-17)13-21(26(30)31)33-29(23)39-25(24)27(32)35/h3-13,26H,14H2,1-2H3,(H2,32,35)(H,34,36). The number of anilines is 1. The summed E-state index contributed by atoms with van der Waals surface area (Å²) < 4.78 is 38.8. The van der Waals surface area contributed by atoms with Crippen LogP contribution >= 0.6 is 11.3 Å². The Morgan fingerprint density at radius 3 is 2.44 bits per heavy atom. The number of thiophene rings is 1. The number of aromatic nitrogens is 1. The molecule has 5 aromatic rings. The Morgan fingerprint density at radius 2 is 1.77 bits per heavy atom. The molecule has 39 heavy (non-hydrogen) atoms. The van der Waals surface area contributed by atoms with E-state index in [1.807, 2.05) is 32.0 Å². The Balaban J connectivity index is 1.48. The number of hydrogen-bond acceptors (Lipinski definition) is 6. The summed E-state index contributed by atoms with van der Waals surface area (Å²) in [6, 6.07) is 19.0. The molecule has 10 heteroatoms. The van der Waals surface area contributed by atoms with Gasteiger partial charge in [-0.25, -0.2) is 13.8 Å². The molecule has 0 bridgehead atoms. The molecule has 5 rings (SSSR count). The third-order valence-corrected chi connectivity index (χ3v) is 7.01. The first-order chi connectivity index (χ1) is 18.7. The number of carbonyl (C=O) groups excluding carboxylic acids is 2. The molecule has 0 saturated heterocycles. The molecule has 198 valence electrons. The molecule has 0 fully saturated rings. The van der Waals surface area contributed by atoms with E-state index >= 15 is 0 Å². The van der Waals surface area contributed by atoms with E-state index in [0.717, 1.165) is 22.5 Å². The van der Waals surface area contributed by atoms with Crippen molar-refractivity contribution in [2.75, 3.05) is 5.32 Å². The molecule has 3 aromatic heterocycles. The number of benzene rings is 2. The number of primary amides is 1. The Kier molecular flexibility index (Phi) is 7.12. The molecule has 0 atom stereocenters. The predicted molar refractivity (Wildman–Crippen MR) is 145 cm³/mol. The van der Waals surface area contributed by atoms with Crippen LogP contribution in [0.2, 0.25) is 0 Å². The lowest BCUT2D eigenvalue weighted by Gasteiger charge is -2.10. The second kappa shape index (κ2) is 10.7. The van der Waals surface area contributed by atoms with Crippen LogP contribution < -0.4 is 15.8 Å². The van der Waals surface area contributed by atoms with E-state index in [4.69, 9.17) is 14.9 Å². The molecule has 2 amide bonds. The van der Waals surface area contributed by atoms with Crippen molar-refractivity contribution in [3.63, 3.8) is 0 Å². The van der Waals surface area contributed by atoms with Gasteiger partial charge >= 0.3 is 0 Å². The van der Waals surface area contributed by atoms with Crippen LogP contribution in [0.25, 0.3) is 21.3 Å². The van der Waals surface area contributed by atoms with E-state index < -0.39 is 23.9 Å². The van der Waals surface area contributed by atoms with Gasteiger partial charge in [-0.15, -0.1) is 11.3 Å². The van der Waals surface area contributed by atoms with Gasteiger partial charge < -0.3 is 20.2 Å². The van der Waals surface area contributed by atoms with Gasteiger partial charge in [0.15, 0.2) is 5.76 Å². The number of nitrogens with zero attached hydrogens (tertiary/aromatic N) is 1. The third kappa shape index (κ3) is 5.51. The van der Waals surface area contributed by atoms with Crippen LogP contribution in [-0.4, -0.2) is 16.8 Å². The van der Waals surface area contributed by atoms with Crippen LogP contribution in [-0.2, 0) is 6.61 Å². The number of rotatable bonds is 8. The summed E-state index contributed by atoms with van der Waals surface area (Å²) in [6.45, 7) is 4.04. The maximum absolute atomic E-state index is 13.7. The first kappa shape index (κ1) is 26.1. The number of furan rings is 1. The fourth-order valence-corrected chi connectivity index (χ4v) is 5.30. The van der Waals surface area contributed by atoms with Crippen LogP contribution in [0.15, 0.2) is 71.1 Å². The smallest absolute Gasteiger partial charge is 0.291 e. The van der Waals surface area contributed by atoms with Gasteiger partial charge in [0.05, 0.1) is 5.69 Å². The molecule has 0 aliphatic rings. The molecule has 7 nitrogen and oxygen atoms in total. The predicted octanol–water partition coefficient (Wildman–Crippen LogP) is 7.04. The molecule has 2 aromatic carbocycles. The summed E-state index contributed by atoms with van der Waals surface area (Å²) in [5, 5.41) is 3.04. The SMILES string of the molecule is Cc1cc(C)cc(OCc2ccc(C(=O)Nc3c(C(N)=O)sc4nc(C(F)F)cc(-c5ccccc5)c34)o2)c1. The number of halogens is 2. The number of carbonyl (C=O) groups is 2. The summed E-state index contributed by atoms with van der Waals surface area (Å²) in [6.07, 6.45) is -2.83. The maximum Gasteiger partial charge on any atom is 0.291 e. The minimum absolute atomic E-state index is 0.0145. The van der Waals surface area contributed by atoms with Gasteiger partial charge in [-0.3, -0.25) is 9.59 Å². The molecule has 3 heterocycles. The van der Waals surface area contributed by atoms with Crippen molar-refractivity contribution in [3.05, 3.63) is 99.9 Å². The quantitative estimate of drug-likeness (QED) is 0.217. The topological polar surface area (TPSA) is 107 Å². The molecular weight excluding hydrogens is 524 g/mol. The Labute approximate surface area is 226 Å². The number of aryl methyl sites for hydroxylation is 2. The van der Waals surface area contributed by atoms with Crippen molar-refractivity contribution in [1.29, 1.82) is 0 Å². The fraction of sp³-hybridized carbons (Fsp3) is 0.138. The summed E-state index contributed by atoms with van der Waals surface area (Å²) in [7, 11) is 0. The number of fused-ring (bicyclic) bond motifs is 1. The maximum atomic E-state index is 13.7. The molecule has 0 unspecified atom stereocenters. The largest absolute Gasteiger partial charge is 0.486 e. The number of nitrogens with one attached hydrogen (secondary N) is 1. The zero-order valence-electron chi connectivity index (χ0n) is 21.0. The number of hydrogen-bond donors (Lipinski definition) is 2. The number of alkyl halides is 2. The molecule has 0 radical (unpaired) electrons. The van der Waals surface area contributed by atoms with Crippen LogP contribution in [0, 0.1) is 13.8 Å². The number of ether oxygens (including phenoxy) is 1. The van der Waals surface area contributed by atoms with Crippen LogP contribution in [0.1, 0.15) is 49.2 Å². The van der Waals surface area contributed by atoms with Gasteiger partial charge in [0, 0.05) is 5.39 Å². The number of nitrogens with two attached hydrogens (primary N) is 1. The van der Waals surface area contributed by atoms with Gasteiger partial charge in [-0.05, 0) is 66.4 Å². The summed E-state index contributed by atoms with van der Waals surface area (Å²) >= 11 is 0.838. The monoisotopic (exact) mass is 547 g/mol. The minimum atomic E-state index is -2.83. The Morgan fingerprint density at radius 1 is 1.05 bits per heavy atom. The van der Waals surface area contributed by atoms with Crippen molar-refractivity contribution in [3.8, 4) is 16.9 Å². The second-order valence-corrected chi connectivity index (χ2v) is 9.94. The summed E-state index contributed by atoms with van der Waals surface area (Å²) in [5.74, 6) is -0.408. The van der Waals surface area contributed by atoms with E-state index in [1.54, 1.807) is 36.4 Å². The average Bonchev–Trinajstić information content (AvgIpc) is 3.52. The molecule has 0 saturated carbocycles. The Bertz CT molecular complexity index is 1680. The lowest BCUT2D eigenvalue weighted by atomic mass is 10.0. The van der Waals surface area contributed by atoms with E-state index in [1.165, 1.54) is 12.1 Å². The van der Waals surface area contributed by atoms with E-state index in [0.29, 0.717) is 28.0 Å². The molecule has 0 spiro atoms. The Hall–Kier alpha value is -4.57. The fourth-order valence-electron chi connectivity index (χ4n) is 4.29. The van der Waals surface area contributed by atoms with Gasteiger partial charge in [0.1, 0.15) is 33.5 Å². The van der Waals surface area contributed by atoms with Gasteiger partial charge in [0.25, 0.3) is 18.2 Å². The first-order valence-corrected chi connectivity index (χ1v) is 12.7. The zero-order chi connectivity index (χ0) is 27.7. The highest BCUT2D eigenvalue weighted by molar-refractivity contribution is 7.21. The van der Waals surface area contributed by atoms with Crippen LogP contribution in [0.5, 0.6) is 5.75 Å². The molecule has 0 aliphatic heterocycles. The van der Waals surface area contributed by atoms with Crippen LogP contribution in [0.3, 0.4) is 0 Å². The van der Waals surface area contributed by atoms with E-state index in [2.05, 4.69) is 10.3 Å². The number of pyridine rings is 1. The third-order valence-electron chi connectivity index (χ3n) is 5.91. The first-order valence-electron chi connectivity index (χ1n) is 11.9. The van der Waals surface area contributed by atoms with Gasteiger partial charge in [0.2, 0.25) is 0 Å². The normalized spacial score (nSPS) is 11.2. The van der Waals surface area contributed by atoms with Gasteiger partial charge in [-0.1, -0.05) is 36.4 Å². The lowest BCUT2D eigenvalue weighted by Crippen LogP contribution is -2.16. The zero-order valence-corrected chi connectivity index (χ0v) is 21.8. The van der Waals surface area contributed by atoms with Crippen molar-refractivity contribution < 1.29 is 27.5 Å². The minimum Gasteiger partial charge on any atom is -0.486 e. The van der Waals surface area contributed by atoms with Crippen molar-refractivity contribution >= 4 is 39.1 Å². The number of amides is 2. The average molecular weight is 548 g/mol. The van der Waals surface area contributed by atoms with Gasteiger partial charge in [-0.2, -0.15) is 0 Å². The van der Waals surface area contributed by atoms with E-state index in [-0.39, 0.29) is 27.8 Å². The van der Waals surface area contributed by atoms with E-state index in [9.17, 15) is 18.4 Å². The second-order valence-electron chi connectivity index (χ2n) is 8.94. The molecule has 3 N–H and O–H groups in total. The highest BCUT2D eigenvalue weighted by atomic mass is 32.1. The highest BCUT2D eigenvalue weighted by Crippen LogP contribution is 2.42. The highest BCUT2D eigenvalue weighted by Gasteiger charge is 2.26. The van der Waals surface area contributed by atoms with Crippen LogP contribution in [0.4, 0.5) is 14.5 Å². The summed E-state index contributed by atoms with van der Waals surface area (Å²) in [4.78, 5) is 29.7. The lowest BCUT2D eigenvalue weighted by molar-refractivity contribution is 0.0992. The van der Waals surface area contributed by atoms with Crippen molar-refractivity contribution in [2.24, 2.45) is 5.73 Å². The summed E-state index contributed by atoms with van der Waals surface area (Å²) in [5.41, 5.74) is 8.36. The molecule has 0 aliphatic carbocycles. The van der Waals surface area contributed by atoms with Crippen molar-refractivity contribution in [1.82, 2.24) is 4.98 Å². The van der Waals surface area contributed by atoms with Crippen molar-refractivity contribution in [2.45, 2.75) is 26.9 Å². The molecular formula is C29H23F2N3O4S.